The van der Waals surface area contributed by atoms with Gasteiger partial charge in [0.05, 0.1) is 23.5 Å². The lowest BCUT2D eigenvalue weighted by Crippen LogP contribution is -2.45. The fourth-order valence-electron chi connectivity index (χ4n) is 6.41. The van der Waals surface area contributed by atoms with Crippen LogP contribution in [0.1, 0.15) is 64.2 Å². The van der Waals surface area contributed by atoms with Crippen LogP contribution in [0.2, 0.25) is 0 Å². The first-order valence-electron chi connectivity index (χ1n) is 16.2. The predicted octanol–water partition coefficient (Wildman–Crippen LogP) is 7.19. The Morgan fingerprint density at radius 1 is 1.10 bits per heavy atom. The number of pyridine rings is 1. The number of aromatic nitrogens is 2. The summed E-state index contributed by atoms with van der Waals surface area (Å²) in [6, 6.07) is 11.3. The highest BCUT2D eigenvalue weighted by atomic mass is 19.2. The van der Waals surface area contributed by atoms with Crippen molar-refractivity contribution >= 4 is 17.4 Å². The maximum atomic E-state index is 14.6. The molecule has 48 heavy (non-hydrogen) atoms. The molecule has 0 spiro atoms. The number of rotatable bonds is 3. The Balaban J connectivity index is 1.55. The zero-order valence-corrected chi connectivity index (χ0v) is 27.9. The van der Waals surface area contributed by atoms with Gasteiger partial charge in [-0.3, -0.25) is 10.1 Å². The second-order valence-corrected chi connectivity index (χ2v) is 13.8. The normalized spacial score (nSPS) is 20.8. The van der Waals surface area contributed by atoms with E-state index in [1.165, 1.54) is 0 Å². The number of anilines is 1. The summed E-state index contributed by atoms with van der Waals surface area (Å²) in [5, 5.41) is 10.5. The largest absolute Gasteiger partial charge is 0.479 e. The number of benzene rings is 2. The summed E-state index contributed by atoms with van der Waals surface area (Å²) < 4.78 is 49.4. The quantitative estimate of drug-likeness (QED) is 0.222. The predicted molar refractivity (Wildman–Crippen MR) is 180 cm³/mol. The number of hydrogen-bond donors (Lipinski definition) is 2. The lowest BCUT2D eigenvalue weighted by molar-refractivity contribution is -0.160. The van der Waals surface area contributed by atoms with Gasteiger partial charge >= 0.3 is 5.97 Å². The van der Waals surface area contributed by atoms with E-state index in [1.54, 1.807) is 6.07 Å². The molecule has 0 aliphatic carbocycles. The van der Waals surface area contributed by atoms with Gasteiger partial charge < -0.3 is 24.2 Å². The van der Waals surface area contributed by atoms with Crippen molar-refractivity contribution < 1.29 is 32.9 Å². The Labute approximate surface area is 278 Å². The van der Waals surface area contributed by atoms with Gasteiger partial charge in [0.15, 0.2) is 24.0 Å². The number of carboxylic acids is 1. The van der Waals surface area contributed by atoms with Crippen LogP contribution in [0.3, 0.4) is 0 Å². The lowest BCUT2D eigenvalue weighted by atomic mass is 9.92. The molecule has 6 bridgehead atoms. The Morgan fingerprint density at radius 3 is 2.52 bits per heavy atom. The number of nitrogens with zero attached hydrogens (tertiary/aromatic N) is 3. The molecule has 1 saturated heterocycles. The standard InChI is InChI=1S/C37H42F2N4O5/c1-22-17-31-41-28-21-43(31)34(32(22)33(35(44)45)48-36(2,3)4)42-14-12-37(5,13-15-42)46-16-7-6-11-30(40)47-29-20-27(39)26(38)19-25(29)23-9-8-10-24(28)18-23/h6-10,17-21,30,33H,11-16,40H2,1-5H3,(H,44,45). The minimum absolute atomic E-state index is 0.117. The molecule has 2 unspecified atom stereocenters. The van der Waals surface area contributed by atoms with Gasteiger partial charge in [0.2, 0.25) is 0 Å². The van der Waals surface area contributed by atoms with Crippen LogP contribution in [0.4, 0.5) is 14.6 Å². The number of aryl methyl sites for hydroxylation is 1. The third-order valence-electron chi connectivity index (χ3n) is 8.88. The van der Waals surface area contributed by atoms with E-state index < -0.39 is 41.1 Å². The van der Waals surface area contributed by atoms with Crippen LogP contribution < -0.4 is 15.4 Å². The molecule has 7 rings (SSSR count). The number of carboxylic acid groups (broad SMARTS) is 1. The lowest BCUT2D eigenvalue weighted by Gasteiger charge is -2.41. The first-order chi connectivity index (χ1) is 22.7. The molecular weight excluding hydrogens is 618 g/mol. The third kappa shape index (κ3) is 6.94. The van der Waals surface area contributed by atoms with Crippen molar-refractivity contribution in [1.29, 1.82) is 0 Å². The van der Waals surface area contributed by atoms with Gasteiger partial charge in [0.1, 0.15) is 17.2 Å². The topological polar surface area (TPSA) is 112 Å². The molecule has 0 amide bonds. The van der Waals surface area contributed by atoms with Crippen molar-refractivity contribution in [3.05, 3.63) is 83.6 Å². The van der Waals surface area contributed by atoms with E-state index in [1.807, 2.05) is 74.7 Å². The van der Waals surface area contributed by atoms with Gasteiger partial charge in [-0.1, -0.05) is 30.4 Å². The summed E-state index contributed by atoms with van der Waals surface area (Å²) in [6.07, 6.45) is 5.34. The van der Waals surface area contributed by atoms with Crippen LogP contribution in [-0.2, 0) is 14.3 Å². The number of piperidine rings is 1. The Hall–Kier alpha value is -4.32. The molecule has 5 heterocycles. The molecule has 0 saturated carbocycles. The summed E-state index contributed by atoms with van der Waals surface area (Å²) in [5.74, 6) is -2.30. The Bertz CT molecular complexity index is 1870. The number of hydrogen-bond acceptors (Lipinski definition) is 7. The number of carbonyl (C=O) groups is 1. The Morgan fingerprint density at radius 2 is 1.81 bits per heavy atom. The molecule has 9 nitrogen and oxygen atoms in total. The van der Waals surface area contributed by atoms with Crippen molar-refractivity contribution in [2.45, 2.75) is 77.4 Å². The van der Waals surface area contributed by atoms with Crippen molar-refractivity contribution in [1.82, 2.24) is 9.38 Å². The number of aliphatic carboxylic acids is 1. The Kier molecular flexibility index (Phi) is 9.06. The first kappa shape index (κ1) is 33.6. The fourth-order valence-corrected chi connectivity index (χ4v) is 6.41. The minimum atomic E-state index is -1.23. The molecule has 1 fully saturated rings. The monoisotopic (exact) mass is 660 g/mol. The van der Waals surface area contributed by atoms with E-state index in [4.69, 9.17) is 24.9 Å². The number of halogens is 2. The number of fused-ring (bicyclic) bond motifs is 7. The van der Waals surface area contributed by atoms with E-state index in [9.17, 15) is 18.7 Å². The highest BCUT2D eigenvalue weighted by Crippen LogP contribution is 2.40. The van der Waals surface area contributed by atoms with Crippen LogP contribution in [0, 0.1) is 18.6 Å². The number of imidazole rings is 1. The summed E-state index contributed by atoms with van der Waals surface area (Å²) in [5.41, 5.74) is 9.34. The van der Waals surface area contributed by atoms with Crippen LogP contribution >= 0.6 is 0 Å². The SMILES string of the molecule is Cc1cc2nc3cn2c(c1C(OC(C)(C)C)C(=O)O)N1CCC(C)(CC1)OCC=CCC(N)Oc1cc(F)c(F)cc1-c1cccc-3c1. The van der Waals surface area contributed by atoms with Gasteiger partial charge in [-0.15, -0.1) is 0 Å². The molecule has 2 aromatic heterocycles. The summed E-state index contributed by atoms with van der Waals surface area (Å²) in [7, 11) is 0. The van der Waals surface area contributed by atoms with Crippen molar-refractivity contribution in [3.8, 4) is 28.1 Å². The molecule has 2 atom stereocenters. The van der Waals surface area contributed by atoms with Gasteiger partial charge in [-0.2, -0.15) is 0 Å². The molecule has 3 aliphatic rings. The van der Waals surface area contributed by atoms with Crippen LogP contribution in [0.5, 0.6) is 5.75 Å². The molecule has 0 radical (unpaired) electrons. The third-order valence-corrected chi connectivity index (χ3v) is 8.88. The first-order valence-corrected chi connectivity index (χ1v) is 16.2. The molecule has 2 aromatic carbocycles. The van der Waals surface area contributed by atoms with Crippen molar-refractivity contribution in [2.24, 2.45) is 5.73 Å². The molecule has 3 aliphatic heterocycles. The van der Waals surface area contributed by atoms with Gasteiger partial charge in [0, 0.05) is 48.5 Å². The number of ether oxygens (including phenoxy) is 3. The smallest absolute Gasteiger partial charge is 0.337 e. The second-order valence-electron chi connectivity index (χ2n) is 13.8. The zero-order chi connectivity index (χ0) is 34.4. The fraction of sp³-hybridized carbons (Fsp3) is 0.405. The second kappa shape index (κ2) is 12.9. The van der Waals surface area contributed by atoms with Gasteiger partial charge in [-0.25, -0.2) is 18.6 Å². The number of nitrogens with two attached hydrogens (primary N) is 1. The van der Waals surface area contributed by atoms with E-state index in [2.05, 4.69) is 11.8 Å². The molecule has 4 aromatic rings. The molecule has 254 valence electrons. The maximum Gasteiger partial charge on any atom is 0.337 e. The zero-order valence-electron chi connectivity index (χ0n) is 27.9. The minimum Gasteiger partial charge on any atom is -0.479 e. The van der Waals surface area contributed by atoms with Gasteiger partial charge in [-0.05, 0) is 76.8 Å². The molecule has 3 N–H and O–H groups in total. The molecular formula is C37H42F2N4O5. The van der Waals surface area contributed by atoms with Crippen LogP contribution in [-0.4, -0.2) is 57.6 Å². The molecule has 11 heteroatoms. The van der Waals surface area contributed by atoms with Crippen molar-refractivity contribution in [3.63, 3.8) is 0 Å². The van der Waals surface area contributed by atoms with Crippen LogP contribution in [0.15, 0.2) is 60.8 Å². The highest BCUT2D eigenvalue weighted by molar-refractivity contribution is 5.80. The van der Waals surface area contributed by atoms with E-state index >= 15 is 0 Å². The average molecular weight is 661 g/mol. The highest BCUT2D eigenvalue weighted by Gasteiger charge is 2.37. The van der Waals surface area contributed by atoms with Crippen LogP contribution in [0.25, 0.3) is 28.0 Å². The maximum absolute atomic E-state index is 14.6. The summed E-state index contributed by atoms with van der Waals surface area (Å²) in [4.78, 5) is 20.0. The van der Waals surface area contributed by atoms with E-state index in [0.29, 0.717) is 72.8 Å². The van der Waals surface area contributed by atoms with E-state index in [-0.39, 0.29) is 5.75 Å². The average Bonchev–Trinajstić information content (AvgIpc) is 3.44. The summed E-state index contributed by atoms with van der Waals surface area (Å²) >= 11 is 0. The summed E-state index contributed by atoms with van der Waals surface area (Å²) in [6.45, 7) is 11.1. The van der Waals surface area contributed by atoms with Gasteiger partial charge in [0.25, 0.3) is 0 Å². The van der Waals surface area contributed by atoms with Crippen molar-refractivity contribution in [2.75, 3.05) is 24.6 Å². The van der Waals surface area contributed by atoms with E-state index in [0.717, 1.165) is 23.3 Å².